The molecule has 1 aromatic heterocycles. The maximum Gasteiger partial charge on any atom is 0.216 e. The van der Waals surface area contributed by atoms with Crippen LogP contribution in [0.3, 0.4) is 0 Å². The van der Waals surface area contributed by atoms with Crippen LogP contribution < -0.4 is 19.5 Å². The fraction of sp³-hybridized carbons (Fsp3) is 0.526. The molecule has 0 saturated heterocycles. The van der Waals surface area contributed by atoms with Gasteiger partial charge in [0.1, 0.15) is 13.2 Å². The molecule has 6 nitrogen and oxygen atoms in total. The number of nitrogens with zero attached hydrogens (tertiary/aromatic N) is 2. The van der Waals surface area contributed by atoms with Gasteiger partial charge in [-0.3, -0.25) is 0 Å². The third kappa shape index (κ3) is 3.18. The lowest BCUT2D eigenvalue weighted by atomic mass is 10.0. The predicted molar refractivity (Wildman–Crippen MR) is 94.2 cm³/mol. The lowest BCUT2D eigenvalue weighted by Gasteiger charge is -2.23. The Bertz CT molecular complexity index is 768. The van der Waals surface area contributed by atoms with E-state index in [9.17, 15) is 0 Å². The summed E-state index contributed by atoms with van der Waals surface area (Å²) in [7, 11) is 3.60. The molecule has 6 heteroatoms. The maximum absolute atomic E-state index is 5.75. The highest BCUT2D eigenvalue weighted by Crippen LogP contribution is 2.43. The van der Waals surface area contributed by atoms with Crippen molar-refractivity contribution < 1.29 is 14.2 Å². The van der Waals surface area contributed by atoms with Crippen LogP contribution in [-0.2, 0) is 13.6 Å². The summed E-state index contributed by atoms with van der Waals surface area (Å²) in [4.78, 5) is 0. The zero-order chi connectivity index (χ0) is 17.4. The van der Waals surface area contributed by atoms with Crippen LogP contribution in [0.2, 0.25) is 0 Å². The number of aromatic nitrogens is 2. The second-order valence-corrected chi connectivity index (χ2v) is 6.80. The van der Waals surface area contributed by atoms with E-state index in [1.165, 1.54) is 18.4 Å². The van der Waals surface area contributed by atoms with Crippen LogP contribution in [0.5, 0.6) is 17.4 Å². The number of hydrogen-bond donors (Lipinski definition) is 1. The molecule has 1 unspecified atom stereocenters. The van der Waals surface area contributed by atoms with E-state index in [-0.39, 0.29) is 0 Å². The Balaban J connectivity index is 1.55. The van der Waals surface area contributed by atoms with Crippen molar-refractivity contribution in [1.29, 1.82) is 0 Å². The van der Waals surface area contributed by atoms with Crippen LogP contribution in [0.4, 0.5) is 0 Å². The average molecular weight is 343 g/mol. The lowest BCUT2D eigenvalue weighted by Crippen LogP contribution is -2.24. The third-order valence-electron chi connectivity index (χ3n) is 5.00. The Morgan fingerprint density at radius 1 is 1.28 bits per heavy atom. The standard InChI is InChI=1S/C19H25N3O3/c1-12-15(19(23-3)22(2)21-12)11-20-18(13-4-5-13)14-6-7-16-17(10-14)25-9-8-24-16/h6-7,10,13,18,20H,4-5,8-9,11H2,1-3H3. The van der Waals surface area contributed by atoms with Crippen molar-refractivity contribution in [3.63, 3.8) is 0 Å². The molecule has 4 rings (SSSR count). The van der Waals surface area contributed by atoms with Crippen molar-refractivity contribution in [3.05, 3.63) is 35.0 Å². The summed E-state index contributed by atoms with van der Waals surface area (Å²) in [5.41, 5.74) is 3.38. The molecule has 1 aliphatic carbocycles. The predicted octanol–water partition coefficient (Wildman–Crippen LogP) is 2.75. The smallest absolute Gasteiger partial charge is 0.216 e. The Hall–Kier alpha value is -2.21. The Morgan fingerprint density at radius 2 is 2.04 bits per heavy atom. The van der Waals surface area contributed by atoms with Crippen molar-refractivity contribution in [2.75, 3.05) is 20.3 Å². The number of aryl methyl sites for hydroxylation is 2. The van der Waals surface area contributed by atoms with E-state index < -0.39 is 0 Å². The molecule has 1 saturated carbocycles. The topological polar surface area (TPSA) is 57.5 Å². The van der Waals surface area contributed by atoms with Gasteiger partial charge in [-0.05, 0) is 43.4 Å². The van der Waals surface area contributed by atoms with Gasteiger partial charge in [0.15, 0.2) is 11.5 Å². The molecule has 0 amide bonds. The van der Waals surface area contributed by atoms with Gasteiger partial charge in [0.05, 0.1) is 18.4 Å². The van der Waals surface area contributed by atoms with Gasteiger partial charge in [-0.15, -0.1) is 0 Å². The molecule has 2 aromatic rings. The highest BCUT2D eigenvalue weighted by Gasteiger charge is 2.33. The highest BCUT2D eigenvalue weighted by molar-refractivity contribution is 5.45. The Labute approximate surface area is 148 Å². The summed E-state index contributed by atoms with van der Waals surface area (Å²) in [6.07, 6.45) is 2.52. The summed E-state index contributed by atoms with van der Waals surface area (Å²) < 4.78 is 18.7. The van der Waals surface area contributed by atoms with E-state index in [4.69, 9.17) is 14.2 Å². The first-order valence-corrected chi connectivity index (χ1v) is 8.86. The van der Waals surface area contributed by atoms with Gasteiger partial charge in [-0.1, -0.05) is 6.07 Å². The summed E-state index contributed by atoms with van der Waals surface area (Å²) in [5, 5.41) is 8.19. The largest absolute Gasteiger partial charge is 0.486 e. The normalized spacial score (nSPS) is 17.4. The molecule has 1 atom stereocenters. The zero-order valence-electron chi connectivity index (χ0n) is 15.0. The van der Waals surface area contributed by atoms with Crippen LogP contribution in [0.25, 0.3) is 0 Å². The quantitative estimate of drug-likeness (QED) is 0.874. The second-order valence-electron chi connectivity index (χ2n) is 6.80. The fourth-order valence-corrected chi connectivity index (χ4v) is 3.59. The van der Waals surface area contributed by atoms with Crippen molar-refractivity contribution in [3.8, 4) is 17.4 Å². The minimum absolute atomic E-state index is 0.306. The number of nitrogens with one attached hydrogen (secondary N) is 1. The number of benzene rings is 1. The average Bonchev–Trinajstić information content (AvgIpc) is 3.41. The van der Waals surface area contributed by atoms with Crippen LogP contribution in [0.15, 0.2) is 18.2 Å². The Kier molecular flexibility index (Phi) is 4.29. The molecule has 1 fully saturated rings. The van der Waals surface area contributed by atoms with Gasteiger partial charge >= 0.3 is 0 Å². The number of fused-ring (bicyclic) bond motifs is 1. The number of hydrogen-bond acceptors (Lipinski definition) is 5. The molecule has 2 heterocycles. The van der Waals surface area contributed by atoms with Gasteiger partial charge in [-0.2, -0.15) is 5.10 Å². The fourth-order valence-electron chi connectivity index (χ4n) is 3.59. The molecule has 25 heavy (non-hydrogen) atoms. The van der Waals surface area contributed by atoms with Gasteiger partial charge in [-0.25, -0.2) is 4.68 Å². The molecule has 0 spiro atoms. The molecule has 134 valence electrons. The molecule has 0 radical (unpaired) electrons. The van der Waals surface area contributed by atoms with Gasteiger partial charge < -0.3 is 19.5 Å². The van der Waals surface area contributed by atoms with E-state index in [0.717, 1.165) is 35.2 Å². The van der Waals surface area contributed by atoms with E-state index >= 15 is 0 Å². The van der Waals surface area contributed by atoms with Gasteiger partial charge in [0, 0.05) is 19.6 Å². The summed E-state index contributed by atoms with van der Waals surface area (Å²) in [6.45, 7) is 4.00. The zero-order valence-corrected chi connectivity index (χ0v) is 15.0. The van der Waals surface area contributed by atoms with Crippen molar-refractivity contribution in [1.82, 2.24) is 15.1 Å². The number of methoxy groups -OCH3 is 1. The van der Waals surface area contributed by atoms with Gasteiger partial charge in [0.2, 0.25) is 5.88 Å². The first kappa shape index (κ1) is 16.3. The van der Waals surface area contributed by atoms with Crippen LogP contribution in [-0.4, -0.2) is 30.1 Å². The third-order valence-corrected chi connectivity index (χ3v) is 5.00. The van der Waals surface area contributed by atoms with E-state index in [1.54, 1.807) is 11.8 Å². The summed E-state index contributed by atoms with van der Waals surface area (Å²) in [6, 6.07) is 6.60. The van der Waals surface area contributed by atoms with Crippen LogP contribution >= 0.6 is 0 Å². The van der Waals surface area contributed by atoms with Crippen LogP contribution in [0, 0.1) is 12.8 Å². The minimum Gasteiger partial charge on any atom is -0.486 e. The molecule has 1 N–H and O–H groups in total. The summed E-state index contributed by atoms with van der Waals surface area (Å²) in [5.74, 6) is 3.19. The summed E-state index contributed by atoms with van der Waals surface area (Å²) >= 11 is 0. The first-order valence-electron chi connectivity index (χ1n) is 8.86. The van der Waals surface area contributed by atoms with E-state index in [1.807, 2.05) is 20.0 Å². The molecule has 1 aliphatic heterocycles. The molecule has 0 bridgehead atoms. The first-order chi connectivity index (χ1) is 12.2. The van der Waals surface area contributed by atoms with Crippen molar-refractivity contribution in [2.24, 2.45) is 13.0 Å². The maximum atomic E-state index is 5.75. The molecular formula is C19H25N3O3. The SMILES string of the molecule is COc1c(CNC(c2ccc3c(c2)OCCO3)C2CC2)c(C)nn1C. The Morgan fingerprint density at radius 3 is 2.76 bits per heavy atom. The number of ether oxygens (including phenoxy) is 3. The molecule has 2 aliphatic rings. The van der Waals surface area contributed by atoms with E-state index in [2.05, 4.69) is 22.5 Å². The molecule has 1 aromatic carbocycles. The number of rotatable bonds is 6. The van der Waals surface area contributed by atoms with Crippen LogP contribution in [0.1, 0.15) is 35.7 Å². The van der Waals surface area contributed by atoms with Crippen molar-refractivity contribution >= 4 is 0 Å². The minimum atomic E-state index is 0.306. The van der Waals surface area contributed by atoms with Crippen molar-refractivity contribution in [2.45, 2.75) is 32.4 Å². The van der Waals surface area contributed by atoms with E-state index in [0.29, 0.717) is 25.2 Å². The lowest BCUT2D eigenvalue weighted by molar-refractivity contribution is 0.171. The van der Waals surface area contributed by atoms with Gasteiger partial charge in [0.25, 0.3) is 0 Å². The monoisotopic (exact) mass is 343 g/mol. The highest BCUT2D eigenvalue weighted by atomic mass is 16.6. The second kappa shape index (κ2) is 6.59. The molecular weight excluding hydrogens is 318 g/mol.